The molecule has 3 saturated heterocycles. The molecule has 12 nitrogen and oxygen atoms in total. The van der Waals surface area contributed by atoms with Crippen LogP contribution in [0.3, 0.4) is 0 Å². The molecule has 4 rings (SSSR count). The van der Waals surface area contributed by atoms with Crippen LogP contribution in [-0.2, 0) is 33.2 Å². The minimum absolute atomic E-state index is 0.0831. The molecule has 14 unspecified atom stereocenters. The Kier molecular flexibility index (Phi) is 12.4. The topological polar surface area (TPSA) is 166 Å². The Labute approximate surface area is 236 Å². The van der Waals surface area contributed by atoms with E-state index in [1.807, 2.05) is 0 Å². The monoisotopic (exact) mass is 578 g/mol. The lowest BCUT2D eigenvalue weighted by Crippen LogP contribution is -2.63. The first-order chi connectivity index (χ1) is 19.3. The van der Waals surface area contributed by atoms with E-state index in [9.17, 15) is 25.5 Å². The van der Waals surface area contributed by atoms with Crippen LogP contribution in [-0.4, -0.2) is 132 Å². The third-order valence-corrected chi connectivity index (χ3v) is 8.81. The van der Waals surface area contributed by atoms with Gasteiger partial charge in [-0.05, 0) is 38.5 Å². The van der Waals surface area contributed by atoms with Crippen LogP contribution in [0.4, 0.5) is 0 Å². The number of hydrogen-bond acceptors (Lipinski definition) is 12. The van der Waals surface area contributed by atoms with Gasteiger partial charge in [0.25, 0.3) is 0 Å². The van der Waals surface area contributed by atoms with Crippen LogP contribution in [0.2, 0.25) is 0 Å². The number of fused-ring (bicyclic) bond motifs is 1. The lowest BCUT2D eigenvalue weighted by Gasteiger charge is -2.48. The van der Waals surface area contributed by atoms with E-state index in [1.54, 1.807) is 14.0 Å². The van der Waals surface area contributed by atoms with Crippen molar-refractivity contribution in [2.75, 3.05) is 26.9 Å². The van der Waals surface area contributed by atoms with E-state index in [1.165, 1.54) is 0 Å². The van der Waals surface area contributed by atoms with Crippen molar-refractivity contribution in [1.82, 2.24) is 0 Å². The first-order valence-corrected chi connectivity index (χ1v) is 15.0. The van der Waals surface area contributed by atoms with Crippen LogP contribution < -0.4 is 0 Å². The minimum Gasteiger partial charge on any atom is -0.394 e. The number of hydrogen-bond donors (Lipinski definition) is 5. The van der Waals surface area contributed by atoms with Crippen molar-refractivity contribution >= 4 is 0 Å². The molecule has 5 N–H and O–H groups in total. The lowest BCUT2D eigenvalue weighted by molar-refractivity contribution is -0.354. The van der Waals surface area contributed by atoms with Gasteiger partial charge in [-0.3, -0.25) is 0 Å². The largest absolute Gasteiger partial charge is 0.394 e. The fraction of sp³-hybridized carbons (Fsp3) is 1.00. The maximum absolute atomic E-state index is 11.1. The smallest absolute Gasteiger partial charge is 0.187 e. The van der Waals surface area contributed by atoms with Crippen molar-refractivity contribution in [2.24, 2.45) is 5.92 Å². The molecule has 234 valence electrons. The third kappa shape index (κ3) is 7.53. The second kappa shape index (κ2) is 15.3. The zero-order valence-electron chi connectivity index (χ0n) is 24.0. The molecule has 1 aliphatic carbocycles. The fourth-order valence-electron chi connectivity index (χ4n) is 6.40. The van der Waals surface area contributed by atoms with Gasteiger partial charge in [0.15, 0.2) is 12.6 Å². The van der Waals surface area contributed by atoms with Crippen LogP contribution in [0.5, 0.6) is 0 Å². The van der Waals surface area contributed by atoms with Crippen LogP contribution >= 0.6 is 0 Å². The van der Waals surface area contributed by atoms with Gasteiger partial charge in [0, 0.05) is 13.7 Å². The van der Waals surface area contributed by atoms with Gasteiger partial charge in [-0.25, -0.2) is 0 Å². The molecule has 1 saturated carbocycles. The van der Waals surface area contributed by atoms with Crippen molar-refractivity contribution in [3.63, 3.8) is 0 Å². The summed E-state index contributed by atoms with van der Waals surface area (Å²) in [5, 5.41) is 52.2. The predicted molar refractivity (Wildman–Crippen MR) is 140 cm³/mol. The zero-order valence-corrected chi connectivity index (χ0v) is 24.0. The molecular formula is C28H50O12. The average molecular weight is 579 g/mol. The number of aliphatic hydroxyl groups excluding tert-OH is 5. The van der Waals surface area contributed by atoms with Gasteiger partial charge >= 0.3 is 0 Å². The lowest BCUT2D eigenvalue weighted by atomic mass is 9.82. The van der Waals surface area contributed by atoms with Crippen LogP contribution in [0.25, 0.3) is 0 Å². The van der Waals surface area contributed by atoms with Crippen molar-refractivity contribution in [3.8, 4) is 0 Å². The summed E-state index contributed by atoms with van der Waals surface area (Å²) in [5.41, 5.74) is 0. The molecule has 0 amide bonds. The van der Waals surface area contributed by atoms with Crippen molar-refractivity contribution in [1.29, 1.82) is 0 Å². The predicted octanol–water partition coefficient (Wildman–Crippen LogP) is 0.232. The fourth-order valence-corrected chi connectivity index (χ4v) is 6.40. The molecule has 14 atom stereocenters. The summed E-state index contributed by atoms with van der Waals surface area (Å²) in [6.45, 7) is 4.06. The van der Waals surface area contributed by atoms with Gasteiger partial charge in [0.05, 0.1) is 37.6 Å². The summed E-state index contributed by atoms with van der Waals surface area (Å²) in [4.78, 5) is 0. The highest BCUT2D eigenvalue weighted by Crippen LogP contribution is 2.37. The molecule has 0 spiro atoms. The Morgan fingerprint density at radius 3 is 2.30 bits per heavy atom. The summed E-state index contributed by atoms with van der Waals surface area (Å²) in [6, 6.07) is 0. The first-order valence-electron chi connectivity index (χ1n) is 15.0. The molecule has 4 fully saturated rings. The standard InChI is InChI=1S/C28H50O12/c1-4-16-9-8-11-18(24(16)40-27-23(33)22(32)20(30)15(2)36-27)38-28-26-25(21(31)19(13-29)39-28)37-17(14-34-3)10-6-5-7-12-35-26/h15-33H,4-14H2,1-3H3. The maximum atomic E-state index is 11.1. The molecule has 40 heavy (non-hydrogen) atoms. The highest BCUT2D eigenvalue weighted by atomic mass is 16.7. The van der Waals surface area contributed by atoms with Gasteiger partial charge in [-0.15, -0.1) is 0 Å². The minimum atomic E-state index is -1.43. The normalized spacial score (nSPS) is 47.4. The Morgan fingerprint density at radius 2 is 1.57 bits per heavy atom. The van der Waals surface area contributed by atoms with E-state index in [4.69, 9.17) is 33.2 Å². The summed E-state index contributed by atoms with van der Waals surface area (Å²) >= 11 is 0. The van der Waals surface area contributed by atoms with Crippen molar-refractivity contribution < 1.29 is 58.7 Å². The van der Waals surface area contributed by atoms with Gasteiger partial charge in [-0.2, -0.15) is 0 Å². The molecule has 0 aromatic carbocycles. The Bertz CT molecular complexity index is 744. The van der Waals surface area contributed by atoms with Crippen LogP contribution in [0.1, 0.15) is 65.2 Å². The summed E-state index contributed by atoms with van der Waals surface area (Å²) in [6.07, 6.45) is -5.02. The molecule has 3 heterocycles. The summed E-state index contributed by atoms with van der Waals surface area (Å²) in [7, 11) is 1.61. The number of methoxy groups -OCH3 is 1. The van der Waals surface area contributed by atoms with Crippen molar-refractivity contribution in [3.05, 3.63) is 0 Å². The molecule has 0 radical (unpaired) electrons. The van der Waals surface area contributed by atoms with Gasteiger partial charge in [-0.1, -0.05) is 32.6 Å². The summed E-state index contributed by atoms with van der Waals surface area (Å²) in [5.74, 6) is 0.0831. The highest BCUT2D eigenvalue weighted by molar-refractivity contribution is 4.95. The van der Waals surface area contributed by atoms with Crippen molar-refractivity contribution in [2.45, 2.75) is 145 Å². The second-order valence-corrected chi connectivity index (χ2v) is 11.6. The Morgan fingerprint density at radius 1 is 0.775 bits per heavy atom. The molecule has 4 aliphatic rings. The third-order valence-electron chi connectivity index (χ3n) is 8.81. The van der Waals surface area contributed by atoms with Crippen LogP contribution in [0, 0.1) is 5.92 Å². The Hall–Kier alpha value is -0.480. The number of aliphatic hydroxyl groups is 5. The van der Waals surface area contributed by atoms with Crippen LogP contribution in [0.15, 0.2) is 0 Å². The summed E-state index contributed by atoms with van der Waals surface area (Å²) < 4.78 is 42.7. The van der Waals surface area contributed by atoms with E-state index in [-0.39, 0.29) is 12.0 Å². The SMILES string of the molecule is CCC1CCCC(OC2OC(CO)C(O)C3OC(COC)CCCCCOC23)C1OC1OC(C)C(O)C(O)C1O. The second-order valence-electron chi connectivity index (χ2n) is 11.6. The Balaban J connectivity index is 1.55. The number of ether oxygens (including phenoxy) is 7. The first kappa shape index (κ1) is 32.4. The van der Waals surface area contributed by atoms with Gasteiger partial charge in [0.1, 0.15) is 42.7 Å². The van der Waals surface area contributed by atoms with E-state index in [0.29, 0.717) is 19.6 Å². The zero-order chi connectivity index (χ0) is 28.8. The van der Waals surface area contributed by atoms with E-state index >= 15 is 0 Å². The molecule has 12 heteroatoms. The average Bonchev–Trinajstić information content (AvgIpc) is 2.95. The van der Waals surface area contributed by atoms with Gasteiger partial charge < -0.3 is 58.7 Å². The van der Waals surface area contributed by atoms with E-state index in [0.717, 1.165) is 44.9 Å². The molecule has 0 aromatic heterocycles. The number of rotatable bonds is 8. The highest BCUT2D eigenvalue weighted by Gasteiger charge is 2.51. The molecule has 3 aliphatic heterocycles. The van der Waals surface area contributed by atoms with E-state index < -0.39 is 80.2 Å². The van der Waals surface area contributed by atoms with E-state index in [2.05, 4.69) is 6.92 Å². The molecular weight excluding hydrogens is 528 g/mol. The maximum Gasteiger partial charge on any atom is 0.187 e. The molecule has 0 bridgehead atoms. The molecule has 0 aromatic rings. The quantitative estimate of drug-likeness (QED) is 0.267. The van der Waals surface area contributed by atoms with Gasteiger partial charge in [0.2, 0.25) is 0 Å².